The van der Waals surface area contributed by atoms with Crippen LogP contribution in [0.1, 0.15) is 33.4 Å². The van der Waals surface area contributed by atoms with Crippen LogP contribution in [-0.2, 0) is 21.1 Å². The van der Waals surface area contributed by atoms with Crippen LogP contribution in [0, 0.1) is 53.7 Å². The summed E-state index contributed by atoms with van der Waals surface area (Å²) in [6, 6.07) is 54.4. The van der Waals surface area contributed by atoms with Crippen molar-refractivity contribution in [1.82, 2.24) is 9.97 Å². The number of aryl methyl sites for hydroxylation is 6. The van der Waals surface area contributed by atoms with Gasteiger partial charge in [-0.05, 0) is 138 Å². The summed E-state index contributed by atoms with van der Waals surface area (Å²) in [5.41, 5.74) is 21.7. The number of hydrogen-bond donors (Lipinski definition) is 0. The fourth-order valence-electron chi connectivity index (χ4n) is 10.2. The molecule has 4 heterocycles. The van der Waals surface area contributed by atoms with Crippen LogP contribution < -0.4 is 26.2 Å². The van der Waals surface area contributed by atoms with E-state index in [9.17, 15) is 0 Å². The molecule has 2 aliphatic heterocycles. The minimum Gasteiger partial charge on any atom is -0.352 e. The van der Waals surface area contributed by atoms with Crippen LogP contribution in [0.5, 0.6) is 0 Å². The van der Waals surface area contributed by atoms with Gasteiger partial charge in [0.05, 0.1) is 0 Å². The van der Waals surface area contributed by atoms with E-state index in [2.05, 4.69) is 191 Å². The molecule has 2 aromatic heterocycles. The molecule has 0 amide bonds. The predicted molar refractivity (Wildman–Crippen MR) is 248 cm³/mol. The molecule has 0 bridgehead atoms. The fourth-order valence-corrected chi connectivity index (χ4v) is 10.2. The third-order valence-corrected chi connectivity index (χ3v) is 12.4. The van der Waals surface area contributed by atoms with Crippen LogP contribution in [0.25, 0.3) is 44.1 Å². The smallest absolute Gasteiger partial charge is 0.352 e. The maximum atomic E-state index is 5.00. The molecule has 60 heavy (non-hydrogen) atoms. The molecule has 11 rings (SSSR count). The quantitative estimate of drug-likeness (QED) is 0.130. The van der Waals surface area contributed by atoms with E-state index in [0.29, 0.717) is 0 Å². The van der Waals surface area contributed by atoms with Gasteiger partial charge >= 0.3 is 21.1 Å². The van der Waals surface area contributed by atoms with E-state index in [1.54, 1.807) is 0 Å². The second kappa shape index (κ2) is 14.5. The fraction of sp³-hybridized carbons (Fsp3) is 0.111. The molecule has 0 spiro atoms. The summed E-state index contributed by atoms with van der Waals surface area (Å²) in [5, 5.41) is 4.54. The van der Waals surface area contributed by atoms with Crippen LogP contribution in [-0.4, -0.2) is 16.7 Å². The molecule has 7 aromatic carbocycles. The van der Waals surface area contributed by atoms with E-state index < -0.39 is 0 Å². The average molecular weight is 952 g/mol. The molecule has 0 N–H and O–H groups in total. The van der Waals surface area contributed by atoms with Crippen molar-refractivity contribution < 1.29 is 21.1 Å². The molecule has 290 valence electrons. The molecule has 9 aromatic rings. The van der Waals surface area contributed by atoms with Crippen LogP contribution in [0.3, 0.4) is 0 Å². The van der Waals surface area contributed by atoms with Gasteiger partial charge in [-0.1, -0.05) is 90.0 Å². The molecule has 4 nitrogen and oxygen atoms in total. The minimum atomic E-state index is -0.180. The van der Waals surface area contributed by atoms with Gasteiger partial charge in [0.25, 0.3) is 0 Å². The largest absolute Gasteiger partial charge is 2.00 e. The first-order chi connectivity index (χ1) is 28.7. The monoisotopic (exact) mass is 951 g/mol. The molecule has 6 heteroatoms. The molecule has 0 aliphatic carbocycles. The Balaban J connectivity index is 0.00000433. The second-order valence-corrected chi connectivity index (χ2v) is 16.4. The maximum absolute atomic E-state index is 5.00. The zero-order valence-corrected chi connectivity index (χ0v) is 36.7. The molecule has 0 fully saturated rings. The Kier molecular flexibility index (Phi) is 9.15. The van der Waals surface area contributed by atoms with Crippen LogP contribution >= 0.6 is 0 Å². The van der Waals surface area contributed by atoms with E-state index >= 15 is 0 Å². The summed E-state index contributed by atoms with van der Waals surface area (Å²) < 4.78 is 0. The SMILES string of the molecule is Cc1cc(C)c(N2c3ccc(-c4nccc5ccccc45)[c-]c3B3c4[c-]c(-c5nccc6ccccc56)ccc4N(c4c(C)cc(C)cc4C)c4cccc2c43)c(C)c1.[Pt+2]. The third kappa shape index (κ3) is 5.78. The Morgan fingerprint density at radius 2 is 0.867 bits per heavy atom. The zero-order chi connectivity index (χ0) is 40.1. The van der Waals surface area contributed by atoms with Gasteiger partial charge in [-0.25, -0.2) is 0 Å². The van der Waals surface area contributed by atoms with Gasteiger partial charge in [0, 0.05) is 35.1 Å². The number of nitrogens with zero attached hydrogens (tertiary/aromatic N) is 4. The first-order valence-corrected chi connectivity index (χ1v) is 20.4. The van der Waals surface area contributed by atoms with Gasteiger partial charge in [-0.3, -0.25) is 0 Å². The number of hydrogen-bond acceptors (Lipinski definition) is 4. The molecule has 0 saturated carbocycles. The van der Waals surface area contributed by atoms with Crippen LogP contribution in [0.4, 0.5) is 34.1 Å². The second-order valence-electron chi connectivity index (χ2n) is 16.4. The summed E-state index contributed by atoms with van der Waals surface area (Å²) >= 11 is 0. The molecule has 2 aliphatic rings. The summed E-state index contributed by atoms with van der Waals surface area (Å²) in [7, 11) is 0. The van der Waals surface area contributed by atoms with Gasteiger partial charge in [-0.15, -0.1) is 58.5 Å². The van der Waals surface area contributed by atoms with Crippen LogP contribution in [0.2, 0.25) is 0 Å². The minimum absolute atomic E-state index is 0. The van der Waals surface area contributed by atoms with E-state index in [1.807, 2.05) is 12.4 Å². The van der Waals surface area contributed by atoms with Gasteiger partial charge in [0.1, 0.15) is 0 Å². The number of anilines is 6. The number of benzene rings is 7. The Labute approximate surface area is 366 Å². The van der Waals surface area contributed by atoms with Crippen molar-refractivity contribution in [3.63, 3.8) is 0 Å². The van der Waals surface area contributed by atoms with E-state index in [4.69, 9.17) is 9.97 Å². The van der Waals surface area contributed by atoms with Crippen LogP contribution in [0.15, 0.2) is 140 Å². The molecule has 0 atom stereocenters. The van der Waals surface area contributed by atoms with Crippen molar-refractivity contribution in [2.75, 3.05) is 9.80 Å². The molecular weight excluding hydrogens is 911 g/mol. The van der Waals surface area contributed by atoms with Gasteiger partial charge in [0.15, 0.2) is 0 Å². The van der Waals surface area contributed by atoms with Crippen molar-refractivity contribution in [3.05, 3.63) is 185 Å². The third-order valence-electron chi connectivity index (χ3n) is 12.4. The van der Waals surface area contributed by atoms with Crippen molar-refractivity contribution in [1.29, 1.82) is 0 Å². The number of aromatic nitrogens is 2. The van der Waals surface area contributed by atoms with Gasteiger partial charge < -0.3 is 19.8 Å². The summed E-state index contributed by atoms with van der Waals surface area (Å²) in [4.78, 5) is 15.0. The summed E-state index contributed by atoms with van der Waals surface area (Å²) in [6.45, 7) is 13.2. The predicted octanol–water partition coefficient (Wildman–Crippen LogP) is 11.6. The van der Waals surface area contributed by atoms with Crippen molar-refractivity contribution >= 4 is 78.8 Å². The Bertz CT molecular complexity index is 2960. The number of rotatable bonds is 4. The normalized spacial score (nSPS) is 12.6. The summed E-state index contributed by atoms with van der Waals surface area (Å²) in [5.74, 6) is 0. The van der Waals surface area contributed by atoms with E-state index in [-0.39, 0.29) is 27.8 Å². The van der Waals surface area contributed by atoms with E-state index in [0.717, 1.165) is 66.4 Å². The molecule has 0 radical (unpaired) electrons. The average Bonchev–Trinajstić information content (AvgIpc) is 3.23. The maximum Gasteiger partial charge on any atom is 2.00 e. The van der Waals surface area contributed by atoms with Crippen molar-refractivity contribution in [3.8, 4) is 22.5 Å². The van der Waals surface area contributed by atoms with Gasteiger partial charge in [-0.2, -0.15) is 0 Å². The molecule has 0 saturated heterocycles. The standard InChI is InChI=1S/C54H41BN4.Pt/c1-32-26-34(3)53(35(4)27-32)58-46-20-18-40(51-42-14-9-7-12-38(42)22-24-56-51)30-44(46)55-45-31-41(52-43-15-10-8-13-39(43)23-25-57-52)19-21-47(45)59(49-17-11-16-48(58)50(49)55)54-36(5)28-33(2)29-37(54)6;/h7-29H,1-6H3;/q-2;+2. The first-order valence-electron chi connectivity index (χ1n) is 20.4. The molecule has 0 unspecified atom stereocenters. The number of pyridine rings is 2. The van der Waals surface area contributed by atoms with Gasteiger partial charge in [0.2, 0.25) is 6.71 Å². The van der Waals surface area contributed by atoms with Crippen molar-refractivity contribution in [2.45, 2.75) is 41.5 Å². The number of fused-ring (bicyclic) bond motifs is 6. The first kappa shape index (κ1) is 37.9. The van der Waals surface area contributed by atoms with E-state index in [1.165, 1.54) is 61.6 Å². The Morgan fingerprint density at radius 3 is 1.30 bits per heavy atom. The Hall–Kier alpha value is -6.29. The summed E-state index contributed by atoms with van der Waals surface area (Å²) in [6.07, 6.45) is 3.84. The molecular formula is C54H41BN4Pt. The Morgan fingerprint density at radius 1 is 0.450 bits per heavy atom. The zero-order valence-electron chi connectivity index (χ0n) is 34.5. The topological polar surface area (TPSA) is 32.3 Å². The van der Waals surface area contributed by atoms with Crippen molar-refractivity contribution in [2.24, 2.45) is 0 Å².